The summed E-state index contributed by atoms with van der Waals surface area (Å²) in [7, 11) is 0. The van der Waals surface area contributed by atoms with Crippen LogP contribution < -0.4 is 4.90 Å². The molecule has 0 rings (SSSR count). The molecule has 0 saturated carbocycles. The molecule has 1 amide bonds. The number of carboxylic acid groups (broad SMARTS) is 1. The summed E-state index contributed by atoms with van der Waals surface area (Å²) in [4.78, 5) is 11.4. The Morgan fingerprint density at radius 1 is 1.50 bits per heavy atom. The second-order valence-corrected chi connectivity index (χ2v) is 1.45. The molecule has 0 heterocycles. The lowest BCUT2D eigenvalue weighted by atomic mass is 10.6. The van der Waals surface area contributed by atoms with Crippen molar-refractivity contribution in [2.24, 2.45) is 0 Å². The molecule has 3 nitrogen and oxygen atoms in total. The van der Waals surface area contributed by atoms with E-state index in [2.05, 4.69) is 0 Å². The van der Waals surface area contributed by atoms with E-state index in [-0.39, 0.29) is 0 Å². The zero-order valence-corrected chi connectivity index (χ0v) is 5.22. The van der Waals surface area contributed by atoms with Crippen molar-refractivity contribution in [2.75, 3.05) is 13.1 Å². The number of amides is 1. The molecule has 0 aromatic rings. The third-order valence-corrected chi connectivity index (χ3v) is 1.03. The summed E-state index contributed by atoms with van der Waals surface area (Å²) >= 11 is 0. The van der Waals surface area contributed by atoms with Crippen LogP contribution >= 0.6 is 0 Å². The van der Waals surface area contributed by atoms with Crippen LogP contribution in [0.25, 0.3) is 0 Å². The first kappa shape index (κ1) is 7.43. The minimum absolute atomic E-state index is 0.575. The van der Waals surface area contributed by atoms with E-state index in [9.17, 15) is 4.79 Å². The molecule has 0 aromatic carbocycles. The Balaban J connectivity index is 3.52. The lowest BCUT2D eigenvalue weighted by molar-refractivity contribution is 0.175. The number of hydrogen-bond acceptors (Lipinski definition) is 1. The van der Waals surface area contributed by atoms with E-state index in [1.165, 1.54) is 4.90 Å². The molecule has 0 saturated heterocycles. The van der Waals surface area contributed by atoms with Gasteiger partial charge in [-0.15, -0.1) is 0 Å². The molecule has 0 atom stereocenters. The van der Waals surface area contributed by atoms with E-state index >= 15 is 0 Å². The standard InChI is InChI=1S/C5H11NO2/c1-3-6(4-2)5(7)8/h3-4H2,1-2H3,(H,7,8)/q+1. The first-order chi connectivity index (χ1) is 3.72. The third-order valence-electron chi connectivity index (χ3n) is 1.03. The topological polar surface area (TPSA) is 43.2 Å². The van der Waals surface area contributed by atoms with Crippen molar-refractivity contribution in [2.45, 2.75) is 13.8 Å². The van der Waals surface area contributed by atoms with Gasteiger partial charge in [0.2, 0.25) is 0 Å². The Labute approximate surface area is 48.9 Å². The van der Waals surface area contributed by atoms with Crippen LogP contribution in [-0.4, -0.2) is 24.3 Å². The van der Waals surface area contributed by atoms with Crippen LogP contribution in [0.2, 0.25) is 0 Å². The molecule has 3 heteroatoms. The normalized spacial score (nSPS) is 9.88. The largest absolute Gasteiger partial charge is 0.563 e. The average Bonchev–Trinajstić information content (AvgIpc) is 1.69. The zero-order valence-electron chi connectivity index (χ0n) is 5.22. The van der Waals surface area contributed by atoms with Crippen LogP contribution in [0.5, 0.6) is 0 Å². The third kappa shape index (κ3) is 1.93. The van der Waals surface area contributed by atoms with Crippen LogP contribution in [0, 0.1) is 0 Å². The van der Waals surface area contributed by atoms with Gasteiger partial charge in [0.15, 0.2) is 0 Å². The molecule has 1 radical (unpaired) electrons. The zero-order chi connectivity index (χ0) is 6.57. The fourth-order valence-corrected chi connectivity index (χ4v) is 0.494. The van der Waals surface area contributed by atoms with E-state index < -0.39 is 6.09 Å². The van der Waals surface area contributed by atoms with Crippen molar-refractivity contribution in [3.8, 4) is 0 Å². The van der Waals surface area contributed by atoms with Gasteiger partial charge in [0, 0.05) is 0 Å². The Morgan fingerprint density at radius 3 is 1.88 bits per heavy atom. The van der Waals surface area contributed by atoms with Crippen molar-refractivity contribution >= 4 is 6.09 Å². The van der Waals surface area contributed by atoms with Gasteiger partial charge >= 0.3 is 6.09 Å². The SMILES string of the molecule is CC[N+](CC)C(=O)O. The lowest BCUT2D eigenvalue weighted by Crippen LogP contribution is -2.34. The van der Waals surface area contributed by atoms with E-state index in [0.29, 0.717) is 13.1 Å². The lowest BCUT2D eigenvalue weighted by Gasteiger charge is -1.96. The molecule has 47 valence electrons. The summed E-state index contributed by atoms with van der Waals surface area (Å²) in [6.45, 7) is 4.78. The highest BCUT2D eigenvalue weighted by Gasteiger charge is 2.18. The number of nitrogens with zero attached hydrogens (tertiary/aromatic N) is 1. The molecule has 8 heavy (non-hydrogen) atoms. The molecule has 0 aliphatic heterocycles. The quantitative estimate of drug-likeness (QED) is 0.545. The van der Waals surface area contributed by atoms with Crippen LogP contribution in [0.3, 0.4) is 0 Å². The van der Waals surface area contributed by atoms with Crippen LogP contribution in [-0.2, 0) is 0 Å². The average molecular weight is 117 g/mol. The van der Waals surface area contributed by atoms with Gasteiger partial charge < -0.3 is 5.11 Å². The van der Waals surface area contributed by atoms with E-state index in [0.717, 1.165) is 0 Å². The molecular weight excluding hydrogens is 106 g/mol. The highest BCUT2D eigenvalue weighted by Crippen LogP contribution is 1.79. The summed E-state index contributed by atoms with van der Waals surface area (Å²) in [6.07, 6.45) is -0.838. The van der Waals surface area contributed by atoms with Gasteiger partial charge in [-0.2, -0.15) is 4.79 Å². The van der Waals surface area contributed by atoms with E-state index in [4.69, 9.17) is 5.11 Å². The van der Waals surface area contributed by atoms with Gasteiger partial charge in [0.1, 0.15) is 13.1 Å². The van der Waals surface area contributed by atoms with Crippen molar-refractivity contribution in [1.82, 2.24) is 4.90 Å². The maximum Gasteiger partial charge on any atom is 0.563 e. The minimum atomic E-state index is -0.838. The molecule has 0 spiro atoms. The fraction of sp³-hybridized carbons (Fsp3) is 0.800. The maximum absolute atomic E-state index is 10.1. The molecule has 0 fully saturated rings. The second-order valence-electron chi connectivity index (χ2n) is 1.45. The molecule has 0 aliphatic rings. The Hall–Kier alpha value is -0.570. The smallest absolute Gasteiger partial charge is 0.432 e. The van der Waals surface area contributed by atoms with Gasteiger partial charge in [-0.05, 0) is 13.8 Å². The van der Waals surface area contributed by atoms with Gasteiger partial charge in [-0.25, -0.2) is 0 Å². The van der Waals surface area contributed by atoms with Gasteiger partial charge in [0.05, 0.1) is 0 Å². The van der Waals surface area contributed by atoms with Crippen molar-refractivity contribution in [3.63, 3.8) is 0 Å². The van der Waals surface area contributed by atoms with Crippen LogP contribution in [0.4, 0.5) is 4.79 Å². The van der Waals surface area contributed by atoms with Gasteiger partial charge in [-0.1, -0.05) is 4.90 Å². The highest BCUT2D eigenvalue weighted by atomic mass is 16.4. The summed E-state index contributed by atoms with van der Waals surface area (Å²) in [5, 5.41) is 8.30. The molecule has 0 aliphatic carbocycles. The maximum atomic E-state index is 10.1. The summed E-state index contributed by atoms with van der Waals surface area (Å²) in [6, 6.07) is 0. The van der Waals surface area contributed by atoms with Gasteiger partial charge in [0.25, 0.3) is 0 Å². The molecule has 0 unspecified atom stereocenters. The van der Waals surface area contributed by atoms with Crippen molar-refractivity contribution in [1.29, 1.82) is 0 Å². The predicted octanol–water partition coefficient (Wildman–Crippen LogP) is 0.844. The van der Waals surface area contributed by atoms with E-state index in [1.807, 2.05) is 13.8 Å². The Kier molecular flexibility index (Phi) is 3.19. The summed E-state index contributed by atoms with van der Waals surface area (Å²) < 4.78 is 0. The highest BCUT2D eigenvalue weighted by molar-refractivity contribution is 5.67. The van der Waals surface area contributed by atoms with Gasteiger partial charge in [-0.3, -0.25) is 0 Å². The number of hydrogen-bond donors (Lipinski definition) is 1. The Morgan fingerprint density at radius 2 is 1.88 bits per heavy atom. The summed E-state index contributed by atoms with van der Waals surface area (Å²) in [5.41, 5.74) is 0. The van der Waals surface area contributed by atoms with Crippen molar-refractivity contribution in [3.05, 3.63) is 0 Å². The molecule has 0 aromatic heterocycles. The second kappa shape index (κ2) is 3.43. The minimum Gasteiger partial charge on any atom is -0.432 e. The van der Waals surface area contributed by atoms with Crippen LogP contribution in [0.15, 0.2) is 0 Å². The first-order valence-electron chi connectivity index (χ1n) is 2.70. The molecule has 0 bridgehead atoms. The number of carbonyl (C=O) groups is 1. The van der Waals surface area contributed by atoms with Crippen molar-refractivity contribution < 1.29 is 9.90 Å². The summed E-state index contributed by atoms with van der Waals surface area (Å²) in [5.74, 6) is 0. The fourth-order valence-electron chi connectivity index (χ4n) is 0.494. The predicted molar refractivity (Wildman–Crippen MR) is 31.2 cm³/mol. The monoisotopic (exact) mass is 117 g/mol. The first-order valence-corrected chi connectivity index (χ1v) is 2.70. The number of rotatable bonds is 2. The molecule has 1 N–H and O–H groups in total. The Bertz CT molecular complexity index is 78.5. The van der Waals surface area contributed by atoms with Crippen LogP contribution in [0.1, 0.15) is 13.8 Å². The van der Waals surface area contributed by atoms with E-state index in [1.54, 1.807) is 0 Å². The molecular formula is C5H11NO2+.